The topological polar surface area (TPSA) is 55.1 Å². The van der Waals surface area contributed by atoms with Crippen molar-refractivity contribution in [2.24, 2.45) is 0 Å². The van der Waals surface area contributed by atoms with Gasteiger partial charge in [0.15, 0.2) is 12.2 Å². The third-order valence-corrected chi connectivity index (χ3v) is 1.92. The molecule has 0 radical (unpaired) electrons. The maximum Gasteiger partial charge on any atom is 0.221 e. The van der Waals surface area contributed by atoms with Gasteiger partial charge < -0.3 is 9.73 Å². The number of hydrogen-bond acceptors (Lipinski definition) is 3. The van der Waals surface area contributed by atoms with Crippen LogP contribution in [0.3, 0.4) is 0 Å². The minimum Gasteiger partial charge on any atom is -0.444 e. The van der Waals surface area contributed by atoms with Crippen LogP contribution in [-0.2, 0) is 4.79 Å². The number of anilines is 1. The number of rotatable bonds is 2. The first-order valence-electron chi connectivity index (χ1n) is 4.52. The number of nitrogens with one attached hydrogen (secondary N) is 1. The van der Waals surface area contributed by atoms with Crippen molar-refractivity contribution < 1.29 is 9.21 Å². The van der Waals surface area contributed by atoms with Gasteiger partial charge in [-0.25, -0.2) is 4.98 Å². The third kappa shape index (κ3) is 2.22. The van der Waals surface area contributed by atoms with Crippen molar-refractivity contribution in [2.75, 3.05) is 5.32 Å². The maximum atomic E-state index is 10.8. The third-order valence-electron chi connectivity index (χ3n) is 1.92. The number of nitrogens with zero attached hydrogens (tertiary/aromatic N) is 1. The van der Waals surface area contributed by atoms with Crippen LogP contribution in [0.5, 0.6) is 0 Å². The normalized spacial score (nSPS) is 9.93. The zero-order valence-electron chi connectivity index (χ0n) is 8.23. The SMILES string of the molecule is CC(=O)Nc1ccc(-c2cnco2)cc1. The van der Waals surface area contributed by atoms with Gasteiger partial charge in [-0.15, -0.1) is 0 Å². The van der Waals surface area contributed by atoms with Crippen LogP contribution in [0.2, 0.25) is 0 Å². The quantitative estimate of drug-likeness (QED) is 0.812. The fraction of sp³-hybridized carbons (Fsp3) is 0.0909. The lowest BCUT2D eigenvalue weighted by atomic mass is 10.2. The summed E-state index contributed by atoms with van der Waals surface area (Å²) in [6.07, 6.45) is 3.03. The second kappa shape index (κ2) is 3.96. The van der Waals surface area contributed by atoms with Crippen LogP contribution in [0, 0.1) is 0 Å². The number of carbonyl (C=O) groups is 1. The molecule has 0 aliphatic carbocycles. The number of carbonyl (C=O) groups excluding carboxylic acids is 1. The van der Waals surface area contributed by atoms with E-state index in [2.05, 4.69) is 10.3 Å². The van der Waals surface area contributed by atoms with E-state index in [1.807, 2.05) is 24.3 Å². The molecular weight excluding hydrogens is 192 g/mol. The van der Waals surface area contributed by atoms with Crippen molar-refractivity contribution in [2.45, 2.75) is 6.92 Å². The summed E-state index contributed by atoms with van der Waals surface area (Å²) >= 11 is 0. The molecule has 15 heavy (non-hydrogen) atoms. The molecule has 1 amide bonds. The minimum atomic E-state index is -0.0811. The molecule has 2 aromatic rings. The summed E-state index contributed by atoms with van der Waals surface area (Å²) in [6, 6.07) is 7.37. The van der Waals surface area contributed by atoms with Gasteiger partial charge in [0.2, 0.25) is 5.91 Å². The smallest absolute Gasteiger partial charge is 0.221 e. The van der Waals surface area contributed by atoms with Crippen molar-refractivity contribution >= 4 is 11.6 Å². The van der Waals surface area contributed by atoms with Crippen LogP contribution >= 0.6 is 0 Å². The molecule has 0 aliphatic heterocycles. The van der Waals surface area contributed by atoms with Gasteiger partial charge in [-0.05, 0) is 24.3 Å². The Bertz CT molecular complexity index is 446. The largest absolute Gasteiger partial charge is 0.444 e. The maximum absolute atomic E-state index is 10.8. The minimum absolute atomic E-state index is 0.0811. The summed E-state index contributed by atoms with van der Waals surface area (Å²) in [4.78, 5) is 14.6. The highest BCUT2D eigenvalue weighted by molar-refractivity contribution is 5.88. The summed E-state index contributed by atoms with van der Waals surface area (Å²) in [5.74, 6) is 0.631. The van der Waals surface area contributed by atoms with E-state index in [0.717, 1.165) is 11.3 Å². The molecule has 0 spiro atoms. The van der Waals surface area contributed by atoms with Crippen molar-refractivity contribution in [1.29, 1.82) is 0 Å². The average molecular weight is 202 g/mol. The van der Waals surface area contributed by atoms with Gasteiger partial charge in [-0.2, -0.15) is 0 Å². The monoisotopic (exact) mass is 202 g/mol. The van der Waals surface area contributed by atoms with Crippen LogP contribution in [0.4, 0.5) is 5.69 Å². The number of amides is 1. The summed E-state index contributed by atoms with van der Waals surface area (Å²) < 4.78 is 5.14. The van der Waals surface area contributed by atoms with Gasteiger partial charge in [-0.1, -0.05) is 0 Å². The number of oxazole rings is 1. The van der Waals surface area contributed by atoms with Gasteiger partial charge >= 0.3 is 0 Å². The molecule has 2 rings (SSSR count). The Hall–Kier alpha value is -2.10. The van der Waals surface area contributed by atoms with Crippen LogP contribution in [-0.4, -0.2) is 10.9 Å². The Balaban J connectivity index is 2.21. The second-order valence-corrected chi connectivity index (χ2v) is 3.12. The number of hydrogen-bond donors (Lipinski definition) is 1. The molecule has 4 heteroatoms. The van der Waals surface area contributed by atoms with E-state index in [1.165, 1.54) is 13.3 Å². The van der Waals surface area contributed by atoms with E-state index in [0.29, 0.717) is 5.76 Å². The Morgan fingerprint density at radius 1 is 1.33 bits per heavy atom. The van der Waals surface area contributed by atoms with E-state index < -0.39 is 0 Å². The Kier molecular flexibility index (Phi) is 2.49. The van der Waals surface area contributed by atoms with E-state index >= 15 is 0 Å². The van der Waals surface area contributed by atoms with Gasteiger partial charge in [0.1, 0.15) is 0 Å². The molecule has 1 heterocycles. The molecule has 4 nitrogen and oxygen atoms in total. The first-order valence-corrected chi connectivity index (χ1v) is 4.52. The predicted molar refractivity (Wildman–Crippen MR) is 56.2 cm³/mol. The Morgan fingerprint density at radius 3 is 2.60 bits per heavy atom. The molecule has 0 unspecified atom stereocenters. The average Bonchev–Trinajstić information content (AvgIpc) is 2.71. The lowest BCUT2D eigenvalue weighted by Gasteiger charge is -2.02. The zero-order valence-corrected chi connectivity index (χ0v) is 8.23. The molecular formula is C11H10N2O2. The summed E-state index contributed by atoms with van der Waals surface area (Å²) in [7, 11) is 0. The molecule has 76 valence electrons. The van der Waals surface area contributed by atoms with E-state index in [-0.39, 0.29) is 5.91 Å². The summed E-state index contributed by atoms with van der Waals surface area (Å²) in [5.41, 5.74) is 1.70. The summed E-state index contributed by atoms with van der Waals surface area (Å²) in [6.45, 7) is 1.48. The van der Waals surface area contributed by atoms with Crippen molar-refractivity contribution in [1.82, 2.24) is 4.98 Å². The van der Waals surface area contributed by atoms with Crippen molar-refractivity contribution in [3.8, 4) is 11.3 Å². The fourth-order valence-corrected chi connectivity index (χ4v) is 1.28. The van der Waals surface area contributed by atoms with Gasteiger partial charge in [0.05, 0.1) is 6.20 Å². The predicted octanol–water partition coefficient (Wildman–Crippen LogP) is 2.30. The molecule has 0 atom stereocenters. The van der Waals surface area contributed by atoms with Crippen LogP contribution < -0.4 is 5.32 Å². The first kappa shape index (κ1) is 9.45. The van der Waals surface area contributed by atoms with Gasteiger partial charge in [-0.3, -0.25) is 4.79 Å². The standard InChI is InChI=1S/C11H10N2O2/c1-8(14)13-10-4-2-9(3-5-10)11-6-12-7-15-11/h2-7H,1H3,(H,13,14). The van der Waals surface area contributed by atoms with Crippen LogP contribution in [0.15, 0.2) is 41.3 Å². The first-order chi connectivity index (χ1) is 7.25. The highest BCUT2D eigenvalue weighted by atomic mass is 16.3. The Labute approximate surface area is 86.9 Å². The molecule has 0 aliphatic rings. The molecule has 0 saturated heterocycles. The molecule has 0 bridgehead atoms. The Morgan fingerprint density at radius 2 is 2.07 bits per heavy atom. The fourth-order valence-electron chi connectivity index (χ4n) is 1.28. The number of aromatic nitrogens is 1. The van der Waals surface area contributed by atoms with E-state index in [9.17, 15) is 4.79 Å². The summed E-state index contributed by atoms with van der Waals surface area (Å²) in [5, 5.41) is 2.69. The second-order valence-electron chi connectivity index (χ2n) is 3.12. The van der Waals surface area contributed by atoms with Gasteiger partial charge in [0.25, 0.3) is 0 Å². The molecule has 1 aromatic carbocycles. The molecule has 1 aromatic heterocycles. The lowest BCUT2D eigenvalue weighted by molar-refractivity contribution is -0.114. The molecule has 0 fully saturated rings. The van der Waals surface area contributed by atoms with E-state index in [4.69, 9.17) is 4.42 Å². The highest BCUT2D eigenvalue weighted by Gasteiger charge is 2.01. The van der Waals surface area contributed by atoms with Crippen molar-refractivity contribution in [3.05, 3.63) is 36.9 Å². The highest BCUT2D eigenvalue weighted by Crippen LogP contribution is 2.20. The molecule has 0 saturated carbocycles. The van der Waals surface area contributed by atoms with Gasteiger partial charge in [0, 0.05) is 18.2 Å². The number of benzene rings is 1. The zero-order chi connectivity index (χ0) is 10.7. The van der Waals surface area contributed by atoms with Crippen molar-refractivity contribution in [3.63, 3.8) is 0 Å². The lowest BCUT2D eigenvalue weighted by Crippen LogP contribution is -2.05. The van der Waals surface area contributed by atoms with Crippen LogP contribution in [0.25, 0.3) is 11.3 Å². The molecule has 1 N–H and O–H groups in total. The van der Waals surface area contributed by atoms with Crippen LogP contribution in [0.1, 0.15) is 6.92 Å². The van der Waals surface area contributed by atoms with E-state index in [1.54, 1.807) is 6.20 Å².